The van der Waals surface area contributed by atoms with E-state index in [1.807, 2.05) is 42.5 Å². The van der Waals surface area contributed by atoms with Crippen LogP contribution in [0, 0.1) is 0 Å². The summed E-state index contributed by atoms with van der Waals surface area (Å²) in [6.07, 6.45) is 1.06. The van der Waals surface area contributed by atoms with Crippen LogP contribution in [0.5, 0.6) is 11.5 Å². The maximum absolute atomic E-state index is 9.54. The molecule has 0 saturated heterocycles. The van der Waals surface area contributed by atoms with Crippen LogP contribution in [-0.2, 0) is 11.2 Å². The number of carbonyl (C=O) groups excluding carboxylic acids is 1. The van der Waals surface area contributed by atoms with Crippen molar-refractivity contribution in [2.45, 2.75) is 13.3 Å². The molecule has 0 bridgehead atoms. The minimum Gasteiger partial charge on any atom is -0.457 e. The molecule has 3 nitrogen and oxygen atoms in total. The van der Waals surface area contributed by atoms with Crippen LogP contribution < -0.4 is 10.5 Å². The lowest BCUT2D eigenvalue weighted by Gasteiger charge is -2.05. The van der Waals surface area contributed by atoms with Crippen molar-refractivity contribution in [3.05, 3.63) is 60.2 Å². The fraction of sp³-hybridized carbons (Fsp3) is 0.188. The van der Waals surface area contributed by atoms with Crippen LogP contribution >= 0.6 is 15.9 Å². The maximum Gasteiger partial charge on any atom is 0.228 e. The van der Waals surface area contributed by atoms with Crippen LogP contribution in [-0.4, -0.2) is 11.2 Å². The van der Waals surface area contributed by atoms with E-state index >= 15 is 0 Å². The average Bonchev–Trinajstić information content (AvgIpc) is 2.49. The quantitative estimate of drug-likeness (QED) is 0.861. The second-order valence-electron chi connectivity index (χ2n) is 4.01. The number of primary amides is 1. The van der Waals surface area contributed by atoms with Crippen molar-refractivity contribution in [1.82, 2.24) is 0 Å². The third kappa shape index (κ3) is 6.38. The van der Waals surface area contributed by atoms with Gasteiger partial charge in [0.15, 0.2) is 0 Å². The maximum atomic E-state index is 9.54. The van der Waals surface area contributed by atoms with Gasteiger partial charge in [0.1, 0.15) is 11.5 Å². The van der Waals surface area contributed by atoms with Gasteiger partial charge in [0.2, 0.25) is 5.91 Å². The van der Waals surface area contributed by atoms with Crippen molar-refractivity contribution in [3.8, 4) is 11.5 Å². The molecule has 2 aromatic rings. The van der Waals surface area contributed by atoms with E-state index in [2.05, 4.69) is 40.7 Å². The molecule has 0 unspecified atom stereocenters. The van der Waals surface area contributed by atoms with Crippen molar-refractivity contribution in [2.75, 3.05) is 5.33 Å². The van der Waals surface area contributed by atoms with Crippen LogP contribution in [0.4, 0.5) is 0 Å². The van der Waals surface area contributed by atoms with Gasteiger partial charge in [-0.3, -0.25) is 4.79 Å². The van der Waals surface area contributed by atoms with Gasteiger partial charge in [-0.2, -0.15) is 0 Å². The average molecular weight is 336 g/mol. The first-order valence-corrected chi connectivity index (χ1v) is 7.44. The number of para-hydroxylation sites is 1. The Kier molecular flexibility index (Phi) is 7.43. The monoisotopic (exact) mass is 335 g/mol. The van der Waals surface area contributed by atoms with Crippen molar-refractivity contribution >= 4 is 21.8 Å². The third-order valence-corrected chi connectivity index (χ3v) is 2.99. The summed E-state index contributed by atoms with van der Waals surface area (Å²) in [5.74, 6) is 1.44. The highest BCUT2D eigenvalue weighted by atomic mass is 79.9. The highest BCUT2D eigenvalue weighted by Gasteiger charge is 1.95. The second-order valence-corrected chi connectivity index (χ2v) is 4.57. The predicted molar refractivity (Wildman–Crippen MR) is 85.3 cm³/mol. The van der Waals surface area contributed by atoms with Crippen molar-refractivity contribution < 1.29 is 9.53 Å². The first kappa shape index (κ1) is 16.2. The fourth-order valence-corrected chi connectivity index (χ4v) is 1.42. The third-order valence-electron chi connectivity index (χ3n) is 2.44. The molecule has 2 rings (SSSR count). The summed E-state index contributed by atoms with van der Waals surface area (Å²) >= 11 is 2.84. The molecule has 4 heteroatoms. The number of aryl methyl sites for hydroxylation is 1. The molecule has 0 heterocycles. The Morgan fingerprint density at radius 3 is 2.00 bits per heavy atom. The molecule has 2 N–H and O–H groups in total. The summed E-state index contributed by atoms with van der Waals surface area (Å²) in [6, 6.07) is 18.0. The number of rotatable bonds is 4. The van der Waals surface area contributed by atoms with Gasteiger partial charge in [0.25, 0.3) is 0 Å². The lowest BCUT2D eigenvalue weighted by molar-refractivity contribution is -0.115. The van der Waals surface area contributed by atoms with E-state index in [4.69, 9.17) is 4.74 Å². The van der Waals surface area contributed by atoms with Gasteiger partial charge in [0, 0.05) is 0 Å². The number of hydrogen-bond acceptors (Lipinski definition) is 2. The Morgan fingerprint density at radius 1 is 1.05 bits per heavy atom. The van der Waals surface area contributed by atoms with Crippen molar-refractivity contribution in [1.29, 1.82) is 0 Å². The topological polar surface area (TPSA) is 52.3 Å². The smallest absolute Gasteiger partial charge is 0.228 e. The van der Waals surface area contributed by atoms with E-state index in [1.165, 1.54) is 5.56 Å². The van der Waals surface area contributed by atoms with E-state index in [0.717, 1.165) is 17.9 Å². The first-order chi connectivity index (χ1) is 9.65. The van der Waals surface area contributed by atoms with E-state index in [0.29, 0.717) is 0 Å². The summed E-state index contributed by atoms with van der Waals surface area (Å²) in [5, 5.41) is 0.257. The minimum atomic E-state index is -0.329. The van der Waals surface area contributed by atoms with Crippen LogP contribution in [0.1, 0.15) is 12.5 Å². The largest absolute Gasteiger partial charge is 0.457 e. The van der Waals surface area contributed by atoms with Crippen LogP contribution in [0.25, 0.3) is 0 Å². The summed E-state index contributed by atoms with van der Waals surface area (Å²) in [4.78, 5) is 9.54. The number of amides is 1. The van der Waals surface area contributed by atoms with Crippen molar-refractivity contribution in [2.24, 2.45) is 5.73 Å². The summed E-state index contributed by atoms with van der Waals surface area (Å²) in [7, 11) is 0. The Labute approximate surface area is 127 Å². The predicted octanol–water partition coefficient (Wildman–Crippen LogP) is 3.91. The number of carbonyl (C=O) groups is 1. The standard InChI is InChI=1S/C14H14O.C2H4BrNO/c1-2-12-8-10-14(11-9-12)15-13-6-4-3-5-7-13;3-1-2(4)5/h3-11H,2H2,1H3;1H2,(H2,4,5). The summed E-state index contributed by atoms with van der Waals surface area (Å²) in [5.41, 5.74) is 5.93. The number of benzene rings is 2. The number of alkyl halides is 1. The van der Waals surface area contributed by atoms with Crippen LogP contribution in [0.3, 0.4) is 0 Å². The van der Waals surface area contributed by atoms with Gasteiger partial charge in [-0.05, 0) is 36.2 Å². The SMILES string of the molecule is CCc1ccc(Oc2ccccc2)cc1.NC(=O)CBr. The number of hydrogen-bond donors (Lipinski definition) is 1. The van der Waals surface area contributed by atoms with E-state index in [9.17, 15) is 4.79 Å². The molecule has 0 radical (unpaired) electrons. The number of ether oxygens (including phenoxy) is 1. The second kappa shape index (κ2) is 9.15. The zero-order valence-corrected chi connectivity index (χ0v) is 13.0. The molecule has 1 amide bonds. The Bertz CT molecular complexity index is 512. The molecule has 0 aliphatic heterocycles. The summed E-state index contributed by atoms with van der Waals surface area (Å²) in [6.45, 7) is 2.15. The lowest BCUT2D eigenvalue weighted by atomic mass is 10.2. The molecular weight excluding hydrogens is 318 g/mol. The fourth-order valence-electron chi connectivity index (χ4n) is 1.42. The molecule has 0 aliphatic carbocycles. The normalized spacial score (nSPS) is 9.30. The molecule has 0 fully saturated rings. The molecule has 20 heavy (non-hydrogen) atoms. The molecule has 106 valence electrons. The Morgan fingerprint density at radius 2 is 1.55 bits per heavy atom. The minimum absolute atomic E-state index is 0.257. The van der Waals surface area contributed by atoms with Crippen LogP contribution in [0.15, 0.2) is 54.6 Å². The molecule has 0 aromatic heterocycles. The van der Waals surface area contributed by atoms with Gasteiger partial charge in [-0.25, -0.2) is 0 Å². The summed E-state index contributed by atoms with van der Waals surface area (Å²) < 4.78 is 5.68. The zero-order chi connectivity index (χ0) is 14.8. The molecule has 0 saturated carbocycles. The van der Waals surface area contributed by atoms with Crippen LogP contribution in [0.2, 0.25) is 0 Å². The molecular formula is C16H18BrNO2. The highest BCUT2D eigenvalue weighted by Crippen LogP contribution is 2.20. The molecule has 0 aliphatic rings. The van der Waals surface area contributed by atoms with Gasteiger partial charge in [-0.15, -0.1) is 0 Å². The Balaban J connectivity index is 0.000000347. The van der Waals surface area contributed by atoms with E-state index < -0.39 is 0 Å². The van der Waals surface area contributed by atoms with Gasteiger partial charge < -0.3 is 10.5 Å². The lowest BCUT2D eigenvalue weighted by Crippen LogP contribution is -2.10. The number of nitrogens with two attached hydrogens (primary N) is 1. The molecule has 0 spiro atoms. The first-order valence-electron chi connectivity index (χ1n) is 6.31. The van der Waals surface area contributed by atoms with E-state index in [-0.39, 0.29) is 11.2 Å². The molecule has 2 aromatic carbocycles. The zero-order valence-electron chi connectivity index (χ0n) is 11.4. The van der Waals surface area contributed by atoms with Gasteiger partial charge in [-0.1, -0.05) is 53.2 Å². The van der Waals surface area contributed by atoms with Gasteiger partial charge in [0.05, 0.1) is 5.33 Å². The van der Waals surface area contributed by atoms with Gasteiger partial charge >= 0.3 is 0 Å². The Hall–Kier alpha value is -1.81. The van der Waals surface area contributed by atoms with E-state index in [1.54, 1.807) is 0 Å². The number of halogens is 1. The highest BCUT2D eigenvalue weighted by molar-refractivity contribution is 9.09. The molecule has 0 atom stereocenters. The van der Waals surface area contributed by atoms with Crippen molar-refractivity contribution in [3.63, 3.8) is 0 Å².